The molecule has 0 unspecified atom stereocenters. The number of hydrogen-bond donors (Lipinski definition) is 2. The number of nitrogens with one attached hydrogen (secondary N) is 1. The molecule has 3 N–H and O–H groups in total. The van der Waals surface area contributed by atoms with E-state index in [9.17, 15) is 31.1 Å². The molecule has 1 aliphatic rings. The molecule has 0 bridgehead atoms. The van der Waals surface area contributed by atoms with E-state index in [1.54, 1.807) is 0 Å². The fourth-order valence-corrected chi connectivity index (χ4v) is 2.22. The number of carbonyl (C=O) groups excluding carboxylic acids is 1. The predicted molar refractivity (Wildman–Crippen MR) is 54.0 cm³/mol. The van der Waals surface area contributed by atoms with Crippen LogP contribution in [0.1, 0.15) is 25.7 Å². The Bertz CT molecular complexity index is 330. The Morgan fingerprint density at radius 1 is 1.16 bits per heavy atom. The van der Waals surface area contributed by atoms with Crippen molar-refractivity contribution in [3.05, 3.63) is 0 Å². The van der Waals surface area contributed by atoms with Crippen molar-refractivity contribution in [2.75, 3.05) is 6.54 Å². The van der Waals surface area contributed by atoms with Gasteiger partial charge in [-0.05, 0) is 25.7 Å². The van der Waals surface area contributed by atoms with E-state index in [1.807, 2.05) is 5.32 Å². The predicted octanol–water partition coefficient (Wildman–Crippen LogP) is 2.11. The van der Waals surface area contributed by atoms with Crippen molar-refractivity contribution < 1.29 is 31.1 Å². The number of primary amides is 1. The fourth-order valence-electron chi connectivity index (χ4n) is 2.22. The molecule has 0 atom stereocenters. The van der Waals surface area contributed by atoms with E-state index in [-0.39, 0.29) is 12.8 Å². The van der Waals surface area contributed by atoms with Crippen LogP contribution in [0.25, 0.3) is 0 Å². The normalized spacial score (nSPS) is 29.3. The molecule has 3 nitrogen and oxygen atoms in total. The molecule has 0 aromatic rings. The highest BCUT2D eigenvalue weighted by molar-refractivity contribution is 5.84. The minimum atomic E-state index is -4.55. The lowest BCUT2D eigenvalue weighted by molar-refractivity contribution is -0.187. The molecule has 0 saturated heterocycles. The number of carbonyl (C=O) groups is 1. The monoisotopic (exact) mass is 292 g/mol. The zero-order chi connectivity index (χ0) is 14.9. The Morgan fingerprint density at radius 3 is 1.95 bits per heavy atom. The van der Waals surface area contributed by atoms with Gasteiger partial charge in [0, 0.05) is 0 Å². The molecule has 0 aromatic heterocycles. The van der Waals surface area contributed by atoms with Crippen molar-refractivity contribution in [1.82, 2.24) is 5.32 Å². The summed E-state index contributed by atoms with van der Waals surface area (Å²) in [6.07, 6.45) is -10.4. The summed E-state index contributed by atoms with van der Waals surface area (Å²) >= 11 is 0. The second kappa shape index (κ2) is 5.18. The van der Waals surface area contributed by atoms with E-state index >= 15 is 0 Å². The van der Waals surface area contributed by atoms with E-state index in [4.69, 9.17) is 5.73 Å². The fraction of sp³-hybridized carbons (Fsp3) is 0.900. The van der Waals surface area contributed by atoms with E-state index < -0.39 is 49.1 Å². The van der Waals surface area contributed by atoms with Crippen LogP contribution in [0.3, 0.4) is 0 Å². The Kier molecular flexibility index (Phi) is 4.38. The van der Waals surface area contributed by atoms with Crippen LogP contribution in [-0.4, -0.2) is 30.3 Å². The van der Waals surface area contributed by atoms with Crippen LogP contribution in [0, 0.1) is 5.92 Å². The molecular formula is C10H14F6N2O. The number of nitrogens with two attached hydrogens (primary N) is 1. The molecule has 1 aliphatic carbocycles. The lowest BCUT2D eigenvalue weighted by Gasteiger charge is -2.39. The second-order valence-corrected chi connectivity index (χ2v) is 4.73. The summed E-state index contributed by atoms with van der Waals surface area (Å²) in [6.45, 7) is -1.45. The first-order valence-electron chi connectivity index (χ1n) is 5.65. The number of rotatable bonds is 3. The first-order chi connectivity index (χ1) is 8.46. The van der Waals surface area contributed by atoms with Crippen LogP contribution >= 0.6 is 0 Å². The van der Waals surface area contributed by atoms with Crippen LogP contribution in [0.5, 0.6) is 0 Å². The van der Waals surface area contributed by atoms with E-state index in [0.29, 0.717) is 0 Å². The molecule has 1 amide bonds. The molecule has 112 valence electrons. The Morgan fingerprint density at radius 2 is 1.63 bits per heavy atom. The maximum Gasteiger partial charge on any atom is 0.401 e. The minimum Gasteiger partial charge on any atom is -0.368 e. The van der Waals surface area contributed by atoms with E-state index in [0.717, 1.165) is 0 Å². The molecule has 0 radical (unpaired) electrons. The third kappa shape index (κ3) is 4.26. The Labute approximate surface area is 105 Å². The summed E-state index contributed by atoms with van der Waals surface area (Å²) in [6, 6.07) is 0. The standard InChI is InChI=1S/C10H14F6N2O/c11-9(12,13)5-18-8(7(17)19)3-1-6(2-4-8)10(14,15)16/h6,18H,1-5H2,(H2,17,19). The number of halogens is 6. The van der Waals surface area contributed by atoms with Gasteiger partial charge >= 0.3 is 12.4 Å². The van der Waals surface area contributed by atoms with Gasteiger partial charge in [-0.3, -0.25) is 10.1 Å². The molecule has 0 aromatic carbocycles. The second-order valence-electron chi connectivity index (χ2n) is 4.73. The number of alkyl halides is 6. The van der Waals surface area contributed by atoms with Crippen molar-refractivity contribution in [3.63, 3.8) is 0 Å². The average molecular weight is 292 g/mol. The van der Waals surface area contributed by atoms with Crippen LogP contribution in [0.15, 0.2) is 0 Å². The summed E-state index contributed by atoms with van der Waals surface area (Å²) < 4.78 is 73.7. The quantitative estimate of drug-likeness (QED) is 0.783. The zero-order valence-electron chi connectivity index (χ0n) is 9.87. The molecular weight excluding hydrogens is 278 g/mol. The third-order valence-electron chi connectivity index (χ3n) is 3.40. The summed E-state index contributed by atoms with van der Waals surface area (Å²) in [4.78, 5) is 11.3. The highest BCUT2D eigenvalue weighted by Gasteiger charge is 2.49. The van der Waals surface area contributed by atoms with Crippen LogP contribution in [0.2, 0.25) is 0 Å². The van der Waals surface area contributed by atoms with E-state index in [1.165, 1.54) is 0 Å². The summed E-state index contributed by atoms with van der Waals surface area (Å²) in [5.74, 6) is -2.63. The summed E-state index contributed by atoms with van der Waals surface area (Å²) in [5, 5.41) is 1.98. The topological polar surface area (TPSA) is 55.1 Å². The zero-order valence-corrected chi connectivity index (χ0v) is 9.87. The molecule has 1 saturated carbocycles. The molecule has 1 fully saturated rings. The smallest absolute Gasteiger partial charge is 0.368 e. The van der Waals surface area contributed by atoms with Gasteiger partial charge in [0.1, 0.15) is 0 Å². The lowest BCUT2D eigenvalue weighted by atomic mass is 9.75. The van der Waals surface area contributed by atoms with Gasteiger partial charge in [-0.25, -0.2) is 0 Å². The van der Waals surface area contributed by atoms with Gasteiger partial charge in [-0.15, -0.1) is 0 Å². The molecule has 9 heteroatoms. The van der Waals surface area contributed by atoms with Gasteiger partial charge in [0.15, 0.2) is 0 Å². The Hall–Kier alpha value is -0.990. The van der Waals surface area contributed by atoms with Crippen molar-refractivity contribution in [2.24, 2.45) is 11.7 Å². The largest absolute Gasteiger partial charge is 0.401 e. The third-order valence-corrected chi connectivity index (χ3v) is 3.40. The lowest BCUT2D eigenvalue weighted by Crippen LogP contribution is -2.59. The van der Waals surface area contributed by atoms with Gasteiger partial charge in [-0.1, -0.05) is 0 Å². The summed E-state index contributed by atoms with van der Waals surface area (Å²) in [7, 11) is 0. The number of amides is 1. The first-order valence-corrected chi connectivity index (χ1v) is 5.65. The molecule has 0 spiro atoms. The van der Waals surface area contributed by atoms with Gasteiger partial charge in [0.05, 0.1) is 18.0 Å². The van der Waals surface area contributed by atoms with Crippen molar-refractivity contribution >= 4 is 5.91 Å². The maximum absolute atomic E-state index is 12.5. The Balaban J connectivity index is 2.70. The molecule has 0 aliphatic heterocycles. The van der Waals surface area contributed by atoms with Crippen LogP contribution in [0.4, 0.5) is 26.3 Å². The minimum absolute atomic E-state index is 0.345. The highest BCUT2D eigenvalue weighted by Crippen LogP contribution is 2.41. The van der Waals surface area contributed by atoms with Crippen LogP contribution < -0.4 is 11.1 Å². The maximum atomic E-state index is 12.5. The highest BCUT2D eigenvalue weighted by atomic mass is 19.4. The van der Waals surface area contributed by atoms with Crippen molar-refractivity contribution in [1.29, 1.82) is 0 Å². The first kappa shape index (κ1) is 16.1. The average Bonchev–Trinajstić information content (AvgIpc) is 2.24. The van der Waals surface area contributed by atoms with Crippen molar-refractivity contribution in [2.45, 2.75) is 43.6 Å². The van der Waals surface area contributed by atoms with Crippen molar-refractivity contribution in [3.8, 4) is 0 Å². The molecule has 19 heavy (non-hydrogen) atoms. The molecule has 1 rings (SSSR count). The van der Waals surface area contributed by atoms with Gasteiger partial charge < -0.3 is 5.73 Å². The van der Waals surface area contributed by atoms with Gasteiger partial charge in [0.25, 0.3) is 0 Å². The van der Waals surface area contributed by atoms with Gasteiger partial charge in [0.2, 0.25) is 5.91 Å². The van der Waals surface area contributed by atoms with Crippen LogP contribution in [-0.2, 0) is 4.79 Å². The van der Waals surface area contributed by atoms with E-state index in [2.05, 4.69) is 0 Å². The molecule has 0 heterocycles. The summed E-state index contributed by atoms with van der Waals surface area (Å²) in [5.41, 5.74) is 3.34. The van der Waals surface area contributed by atoms with Gasteiger partial charge in [-0.2, -0.15) is 26.3 Å². The SMILES string of the molecule is NC(=O)C1(NCC(F)(F)F)CCC(C(F)(F)F)CC1. The number of hydrogen-bond acceptors (Lipinski definition) is 2.